The maximum absolute atomic E-state index is 5.66. The first-order valence-electron chi connectivity index (χ1n) is 3.41. The van der Waals surface area contributed by atoms with Crippen LogP contribution in [0.2, 0.25) is 0 Å². The van der Waals surface area contributed by atoms with E-state index in [1.807, 2.05) is 19.1 Å². The van der Waals surface area contributed by atoms with Crippen molar-refractivity contribution in [2.45, 2.75) is 19.4 Å². The van der Waals surface area contributed by atoms with Gasteiger partial charge >= 0.3 is 0 Å². The Hall–Kier alpha value is -0.760. The van der Waals surface area contributed by atoms with E-state index in [0.29, 0.717) is 0 Å². The molecule has 0 heterocycles. The van der Waals surface area contributed by atoms with Crippen LogP contribution in [0.15, 0.2) is 23.4 Å². The van der Waals surface area contributed by atoms with E-state index >= 15 is 0 Å². The van der Waals surface area contributed by atoms with Crippen LogP contribution in [-0.2, 0) is 4.74 Å². The molecule has 0 saturated heterocycles. The summed E-state index contributed by atoms with van der Waals surface area (Å²) >= 11 is 0. The van der Waals surface area contributed by atoms with E-state index in [1.165, 1.54) is 0 Å². The number of nitrogens with two attached hydrogens (primary N) is 1. The van der Waals surface area contributed by atoms with Gasteiger partial charge in [0.1, 0.15) is 0 Å². The molecule has 0 aliphatic heterocycles. The Kier molecular flexibility index (Phi) is 2.12. The van der Waals surface area contributed by atoms with Gasteiger partial charge in [0, 0.05) is 12.8 Å². The third-order valence-electron chi connectivity index (χ3n) is 1.87. The fourth-order valence-electron chi connectivity index (χ4n) is 1.09. The van der Waals surface area contributed by atoms with Gasteiger partial charge < -0.3 is 10.5 Å². The summed E-state index contributed by atoms with van der Waals surface area (Å²) in [5.41, 5.74) is 7.65. The second kappa shape index (κ2) is 2.88. The molecule has 1 atom stereocenters. The van der Waals surface area contributed by atoms with Crippen LogP contribution in [0, 0.1) is 0 Å². The zero-order valence-electron chi connectivity index (χ0n) is 6.42. The lowest BCUT2D eigenvalue weighted by molar-refractivity contribution is 0.132. The van der Waals surface area contributed by atoms with Crippen LogP contribution in [0.25, 0.3) is 0 Å². The number of ether oxygens (including phenoxy) is 1. The molecule has 2 N–H and O–H groups in total. The van der Waals surface area contributed by atoms with Crippen molar-refractivity contribution in [2.75, 3.05) is 7.11 Å². The standard InChI is InChI=1S/C8H13NO/c1-6-7(9)4-3-5-8(6)10-2/h3-4,8H,5,9H2,1-2H3. The Bertz CT molecular complexity index is 182. The lowest BCUT2D eigenvalue weighted by atomic mass is 10.0. The highest BCUT2D eigenvalue weighted by atomic mass is 16.5. The highest BCUT2D eigenvalue weighted by Gasteiger charge is 2.12. The second-order valence-electron chi connectivity index (χ2n) is 2.50. The van der Waals surface area contributed by atoms with Gasteiger partial charge in [-0.25, -0.2) is 0 Å². The highest BCUT2D eigenvalue weighted by Crippen LogP contribution is 2.17. The van der Waals surface area contributed by atoms with Gasteiger partial charge in [-0.2, -0.15) is 0 Å². The van der Waals surface area contributed by atoms with E-state index in [2.05, 4.69) is 0 Å². The number of hydrogen-bond donors (Lipinski definition) is 1. The van der Waals surface area contributed by atoms with E-state index in [9.17, 15) is 0 Å². The SMILES string of the molecule is COC1CC=CC(N)=C1C. The van der Waals surface area contributed by atoms with E-state index in [-0.39, 0.29) is 6.10 Å². The van der Waals surface area contributed by atoms with E-state index < -0.39 is 0 Å². The lowest BCUT2D eigenvalue weighted by Crippen LogP contribution is -2.18. The Labute approximate surface area is 61.4 Å². The van der Waals surface area contributed by atoms with Crippen molar-refractivity contribution in [3.05, 3.63) is 23.4 Å². The third kappa shape index (κ3) is 1.21. The van der Waals surface area contributed by atoms with Crippen molar-refractivity contribution in [3.8, 4) is 0 Å². The minimum absolute atomic E-state index is 0.199. The van der Waals surface area contributed by atoms with Crippen LogP contribution in [0.4, 0.5) is 0 Å². The molecule has 0 aromatic heterocycles. The number of methoxy groups -OCH3 is 1. The first kappa shape index (κ1) is 7.35. The van der Waals surface area contributed by atoms with Gasteiger partial charge in [-0.05, 0) is 25.0 Å². The van der Waals surface area contributed by atoms with Gasteiger partial charge in [-0.15, -0.1) is 0 Å². The van der Waals surface area contributed by atoms with Crippen LogP contribution in [-0.4, -0.2) is 13.2 Å². The van der Waals surface area contributed by atoms with Crippen molar-refractivity contribution in [1.82, 2.24) is 0 Å². The third-order valence-corrected chi connectivity index (χ3v) is 1.87. The van der Waals surface area contributed by atoms with Crippen LogP contribution in [0.3, 0.4) is 0 Å². The lowest BCUT2D eigenvalue weighted by Gasteiger charge is -2.18. The smallest absolute Gasteiger partial charge is 0.0835 e. The highest BCUT2D eigenvalue weighted by molar-refractivity contribution is 5.28. The van der Waals surface area contributed by atoms with Gasteiger partial charge in [0.25, 0.3) is 0 Å². The fraction of sp³-hybridized carbons (Fsp3) is 0.500. The summed E-state index contributed by atoms with van der Waals surface area (Å²) in [4.78, 5) is 0. The average Bonchev–Trinajstić information content (AvgIpc) is 1.95. The average molecular weight is 139 g/mol. The molecule has 0 bridgehead atoms. The summed E-state index contributed by atoms with van der Waals surface area (Å²) in [7, 11) is 1.71. The molecule has 1 aliphatic rings. The van der Waals surface area contributed by atoms with Gasteiger partial charge in [-0.3, -0.25) is 0 Å². The molecule has 2 heteroatoms. The minimum Gasteiger partial charge on any atom is -0.399 e. The van der Waals surface area contributed by atoms with Gasteiger partial charge in [0.05, 0.1) is 6.10 Å². The molecule has 0 aromatic carbocycles. The summed E-state index contributed by atoms with van der Waals surface area (Å²) in [6, 6.07) is 0. The first-order valence-corrected chi connectivity index (χ1v) is 3.41. The quantitative estimate of drug-likeness (QED) is 0.592. The maximum atomic E-state index is 5.66. The summed E-state index contributed by atoms with van der Waals surface area (Å²) < 4.78 is 5.18. The monoisotopic (exact) mass is 139 g/mol. The van der Waals surface area contributed by atoms with Crippen LogP contribution in [0.5, 0.6) is 0 Å². The number of allylic oxidation sites excluding steroid dienone is 1. The van der Waals surface area contributed by atoms with E-state index in [0.717, 1.165) is 17.7 Å². The molecule has 0 aromatic rings. The number of rotatable bonds is 1. The second-order valence-corrected chi connectivity index (χ2v) is 2.50. The molecule has 0 radical (unpaired) electrons. The molecular weight excluding hydrogens is 126 g/mol. The van der Waals surface area contributed by atoms with Crippen LogP contribution >= 0.6 is 0 Å². The van der Waals surface area contributed by atoms with E-state index in [4.69, 9.17) is 10.5 Å². The van der Waals surface area contributed by atoms with Crippen LogP contribution < -0.4 is 5.73 Å². The topological polar surface area (TPSA) is 35.2 Å². The molecule has 10 heavy (non-hydrogen) atoms. The molecule has 1 aliphatic carbocycles. The van der Waals surface area contributed by atoms with Crippen molar-refractivity contribution >= 4 is 0 Å². The van der Waals surface area contributed by atoms with Crippen molar-refractivity contribution in [1.29, 1.82) is 0 Å². The predicted octanol–water partition coefficient (Wildman–Crippen LogP) is 1.19. The molecule has 56 valence electrons. The van der Waals surface area contributed by atoms with Crippen LogP contribution in [0.1, 0.15) is 13.3 Å². The van der Waals surface area contributed by atoms with Crippen molar-refractivity contribution in [3.63, 3.8) is 0 Å². The fourth-order valence-corrected chi connectivity index (χ4v) is 1.09. The summed E-state index contributed by atoms with van der Waals surface area (Å²) in [5.74, 6) is 0. The summed E-state index contributed by atoms with van der Waals surface area (Å²) in [6.07, 6.45) is 5.12. The van der Waals surface area contributed by atoms with Crippen molar-refractivity contribution in [2.24, 2.45) is 5.73 Å². The molecule has 0 fully saturated rings. The predicted molar refractivity (Wildman–Crippen MR) is 41.4 cm³/mol. The number of hydrogen-bond acceptors (Lipinski definition) is 2. The van der Waals surface area contributed by atoms with Crippen molar-refractivity contribution < 1.29 is 4.74 Å². The molecule has 1 rings (SSSR count). The van der Waals surface area contributed by atoms with Gasteiger partial charge in [-0.1, -0.05) is 6.08 Å². The molecule has 0 saturated carbocycles. The molecular formula is C8H13NO. The maximum Gasteiger partial charge on any atom is 0.0835 e. The molecule has 0 spiro atoms. The van der Waals surface area contributed by atoms with Gasteiger partial charge in [0.15, 0.2) is 0 Å². The molecule has 0 amide bonds. The van der Waals surface area contributed by atoms with Gasteiger partial charge in [0.2, 0.25) is 0 Å². The normalized spacial score (nSPS) is 25.6. The zero-order valence-corrected chi connectivity index (χ0v) is 6.42. The Balaban J connectivity index is 2.77. The molecule has 1 unspecified atom stereocenters. The Morgan fingerprint density at radius 1 is 1.70 bits per heavy atom. The summed E-state index contributed by atoms with van der Waals surface area (Å²) in [6.45, 7) is 2.01. The largest absolute Gasteiger partial charge is 0.399 e. The molecule has 2 nitrogen and oxygen atoms in total. The van der Waals surface area contributed by atoms with E-state index in [1.54, 1.807) is 7.11 Å². The Morgan fingerprint density at radius 2 is 2.40 bits per heavy atom. The minimum atomic E-state index is 0.199. The first-order chi connectivity index (χ1) is 4.75. The zero-order chi connectivity index (χ0) is 7.56. The summed E-state index contributed by atoms with van der Waals surface area (Å²) in [5, 5.41) is 0. The Morgan fingerprint density at radius 3 is 2.90 bits per heavy atom.